The summed E-state index contributed by atoms with van der Waals surface area (Å²) in [5, 5.41) is 2.60. The Morgan fingerprint density at radius 1 is 1.20 bits per heavy atom. The van der Waals surface area contributed by atoms with Gasteiger partial charge in [0.1, 0.15) is 10.9 Å². The van der Waals surface area contributed by atoms with Crippen LogP contribution >= 0.6 is 39.9 Å². The number of nitrogens with one attached hydrogen (secondary N) is 1. The lowest BCUT2D eigenvalue weighted by Crippen LogP contribution is -2.17. The van der Waals surface area contributed by atoms with Crippen molar-refractivity contribution >= 4 is 56.2 Å². The van der Waals surface area contributed by atoms with Crippen LogP contribution in [0.1, 0.15) is 11.1 Å². The van der Waals surface area contributed by atoms with Crippen LogP contribution in [0.2, 0.25) is 0 Å². The number of hydrogen-bond acceptors (Lipinski definition) is 5. The topological polar surface area (TPSA) is 47.6 Å². The summed E-state index contributed by atoms with van der Waals surface area (Å²) >= 11 is 9.65. The van der Waals surface area contributed by atoms with E-state index >= 15 is 0 Å². The van der Waals surface area contributed by atoms with E-state index in [1.54, 1.807) is 13.2 Å². The SMILES string of the molecule is COc1cc(C=C2SC(=S)NC2=O)ccc1OCc1ccc(Br)cc1. The second kappa shape index (κ2) is 8.03. The molecule has 2 aromatic carbocycles. The zero-order chi connectivity index (χ0) is 17.8. The van der Waals surface area contributed by atoms with Crippen molar-refractivity contribution in [2.45, 2.75) is 6.61 Å². The molecule has 0 atom stereocenters. The fourth-order valence-electron chi connectivity index (χ4n) is 2.21. The highest BCUT2D eigenvalue weighted by Crippen LogP contribution is 2.32. The number of carbonyl (C=O) groups excluding carboxylic acids is 1. The smallest absolute Gasteiger partial charge is 0.263 e. The van der Waals surface area contributed by atoms with Gasteiger partial charge in [-0.15, -0.1) is 0 Å². The predicted molar refractivity (Wildman–Crippen MR) is 108 cm³/mol. The van der Waals surface area contributed by atoms with E-state index in [4.69, 9.17) is 21.7 Å². The minimum atomic E-state index is -0.176. The maximum absolute atomic E-state index is 11.7. The van der Waals surface area contributed by atoms with Crippen LogP contribution < -0.4 is 14.8 Å². The van der Waals surface area contributed by atoms with Crippen LogP contribution in [0.4, 0.5) is 0 Å². The Labute approximate surface area is 163 Å². The van der Waals surface area contributed by atoms with Crippen LogP contribution in [-0.2, 0) is 11.4 Å². The van der Waals surface area contributed by atoms with E-state index in [0.29, 0.717) is 27.3 Å². The van der Waals surface area contributed by atoms with Gasteiger partial charge in [0.05, 0.1) is 12.0 Å². The van der Waals surface area contributed by atoms with Gasteiger partial charge in [-0.2, -0.15) is 0 Å². The van der Waals surface area contributed by atoms with Crippen molar-refractivity contribution in [1.82, 2.24) is 5.32 Å². The van der Waals surface area contributed by atoms with Crippen molar-refractivity contribution in [3.8, 4) is 11.5 Å². The van der Waals surface area contributed by atoms with Gasteiger partial charge in [-0.05, 0) is 41.5 Å². The Morgan fingerprint density at radius 3 is 2.60 bits per heavy atom. The predicted octanol–water partition coefficient (Wildman–Crippen LogP) is 4.53. The van der Waals surface area contributed by atoms with Crippen LogP contribution in [0.25, 0.3) is 6.08 Å². The summed E-state index contributed by atoms with van der Waals surface area (Å²) < 4.78 is 12.8. The zero-order valence-corrected chi connectivity index (χ0v) is 16.5. The van der Waals surface area contributed by atoms with Gasteiger partial charge in [-0.25, -0.2) is 0 Å². The average molecular weight is 436 g/mol. The minimum absolute atomic E-state index is 0.176. The number of halogens is 1. The molecule has 1 N–H and O–H groups in total. The third-order valence-electron chi connectivity index (χ3n) is 3.44. The van der Waals surface area contributed by atoms with Crippen molar-refractivity contribution in [2.75, 3.05) is 7.11 Å². The zero-order valence-electron chi connectivity index (χ0n) is 13.2. The molecule has 1 amide bonds. The molecule has 1 heterocycles. The first-order chi connectivity index (χ1) is 12.0. The number of methoxy groups -OCH3 is 1. The molecule has 0 spiro atoms. The van der Waals surface area contributed by atoms with E-state index in [1.807, 2.05) is 42.5 Å². The molecular formula is C18H14BrNO3S2. The molecule has 25 heavy (non-hydrogen) atoms. The summed E-state index contributed by atoms with van der Waals surface area (Å²) in [7, 11) is 1.59. The Kier molecular flexibility index (Phi) is 5.78. The molecule has 128 valence electrons. The third-order valence-corrected chi connectivity index (χ3v) is 5.13. The lowest BCUT2D eigenvalue weighted by atomic mass is 10.2. The highest BCUT2D eigenvalue weighted by molar-refractivity contribution is 9.10. The molecule has 1 aliphatic rings. The summed E-state index contributed by atoms with van der Waals surface area (Å²) in [6.07, 6.45) is 1.78. The molecule has 0 bridgehead atoms. The van der Waals surface area contributed by atoms with Crippen LogP contribution in [0, 0.1) is 0 Å². The standard InChI is InChI=1S/C18H14BrNO3S2/c1-22-15-8-12(9-16-17(21)20-18(24)25-16)4-7-14(15)23-10-11-2-5-13(19)6-3-11/h2-9H,10H2,1H3,(H,20,21,24). The average Bonchev–Trinajstić information content (AvgIpc) is 2.92. The van der Waals surface area contributed by atoms with Crippen molar-refractivity contribution in [3.63, 3.8) is 0 Å². The molecule has 3 rings (SSSR count). The molecular weight excluding hydrogens is 422 g/mol. The molecule has 0 aliphatic carbocycles. The van der Waals surface area contributed by atoms with Crippen molar-refractivity contribution in [1.29, 1.82) is 0 Å². The Hall–Kier alpha value is -1.83. The normalized spacial score (nSPS) is 15.4. The first kappa shape index (κ1) is 18.0. The second-order valence-electron chi connectivity index (χ2n) is 5.18. The number of thioether (sulfide) groups is 1. The molecule has 1 aliphatic heterocycles. The summed E-state index contributed by atoms with van der Waals surface area (Å²) in [6, 6.07) is 13.5. The largest absolute Gasteiger partial charge is 0.493 e. The Balaban J connectivity index is 1.75. The number of benzene rings is 2. The van der Waals surface area contributed by atoms with Crippen LogP contribution in [-0.4, -0.2) is 17.3 Å². The Morgan fingerprint density at radius 2 is 1.96 bits per heavy atom. The number of amides is 1. The lowest BCUT2D eigenvalue weighted by molar-refractivity contribution is -0.115. The first-order valence-corrected chi connectivity index (χ1v) is 9.37. The highest BCUT2D eigenvalue weighted by atomic mass is 79.9. The van der Waals surface area contributed by atoms with Gasteiger partial charge in [0.25, 0.3) is 5.91 Å². The van der Waals surface area contributed by atoms with E-state index in [0.717, 1.165) is 15.6 Å². The van der Waals surface area contributed by atoms with Gasteiger partial charge in [-0.1, -0.05) is 58.1 Å². The lowest BCUT2D eigenvalue weighted by Gasteiger charge is -2.11. The maximum atomic E-state index is 11.7. The molecule has 1 fully saturated rings. The highest BCUT2D eigenvalue weighted by Gasteiger charge is 2.22. The molecule has 1 saturated heterocycles. The van der Waals surface area contributed by atoms with Gasteiger partial charge < -0.3 is 14.8 Å². The van der Waals surface area contributed by atoms with Crippen molar-refractivity contribution < 1.29 is 14.3 Å². The molecule has 7 heteroatoms. The van der Waals surface area contributed by atoms with E-state index in [9.17, 15) is 4.79 Å². The molecule has 2 aromatic rings. The molecule has 0 unspecified atom stereocenters. The molecule has 4 nitrogen and oxygen atoms in total. The third kappa shape index (κ3) is 4.62. The second-order valence-corrected chi connectivity index (χ2v) is 7.81. The van der Waals surface area contributed by atoms with E-state index in [2.05, 4.69) is 21.2 Å². The minimum Gasteiger partial charge on any atom is -0.493 e. The monoisotopic (exact) mass is 435 g/mol. The molecule has 0 aromatic heterocycles. The fraction of sp³-hybridized carbons (Fsp3) is 0.111. The van der Waals surface area contributed by atoms with Gasteiger partial charge in [0.15, 0.2) is 11.5 Å². The summed E-state index contributed by atoms with van der Waals surface area (Å²) in [5.41, 5.74) is 1.90. The van der Waals surface area contributed by atoms with Crippen LogP contribution in [0.3, 0.4) is 0 Å². The number of carbonyl (C=O) groups is 1. The van der Waals surface area contributed by atoms with Crippen molar-refractivity contribution in [2.24, 2.45) is 0 Å². The number of rotatable bonds is 5. The molecule has 0 radical (unpaired) electrons. The van der Waals surface area contributed by atoms with Crippen LogP contribution in [0.5, 0.6) is 11.5 Å². The maximum Gasteiger partial charge on any atom is 0.263 e. The fourth-order valence-corrected chi connectivity index (χ4v) is 3.52. The molecule has 0 saturated carbocycles. The van der Waals surface area contributed by atoms with Gasteiger partial charge in [-0.3, -0.25) is 4.79 Å². The van der Waals surface area contributed by atoms with Gasteiger partial charge in [0, 0.05) is 4.47 Å². The van der Waals surface area contributed by atoms with Crippen LogP contribution in [0.15, 0.2) is 51.8 Å². The summed E-state index contributed by atoms with van der Waals surface area (Å²) in [5.74, 6) is 1.08. The van der Waals surface area contributed by atoms with Crippen molar-refractivity contribution in [3.05, 3.63) is 63.0 Å². The quantitative estimate of drug-likeness (QED) is 0.552. The van der Waals surface area contributed by atoms with E-state index in [1.165, 1.54) is 11.8 Å². The Bertz CT molecular complexity index is 850. The van der Waals surface area contributed by atoms with E-state index < -0.39 is 0 Å². The first-order valence-electron chi connectivity index (χ1n) is 7.35. The number of thiocarbonyl (C=S) groups is 1. The number of ether oxygens (including phenoxy) is 2. The summed E-state index contributed by atoms with van der Waals surface area (Å²) in [6.45, 7) is 0.441. The van der Waals surface area contributed by atoms with E-state index in [-0.39, 0.29) is 5.91 Å². The summed E-state index contributed by atoms with van der Waals surface area (Å²) in [4.78, 5) is 12.3. The van der Waals surface area contributed by atoms with Gasteiger partial charge >= 0.3 is 0 Å². The van der Waals surface area contributed by atoms with Gasteiger partial charge in [0.2, 0.25) is 0 Å². The number of hydrogen-bond donors (Lipinski definition) is 1.